The third-order valence-electron chi connectivity index (χ3n) is 4.68. The van der Waals surface area contributed by atoms with E-state index in [0.717, 1.165) is 19.4 Å². The molecule has 1 fully saturated rings. The van der Waals surface area contributed by atoms with E-state index in [0.29, 0.717) is 5.92 Å². The van der Waals surface area contributed by atoms with Crippen LogP contribution in [0, 0.1) is 25.7 Å². The molecular weight excluding hydrogens is 258 g/mol. The van der Waals surface area contributed by atoms with Gasteiger partial charge in [0.2, 0.25) is 5.91 Å². The molecular formula is C19H29NO. The topological polar surface area (TPSA) is 29.1 Å². The highest BCUT2D eigenvalue weighted by Gasteiger charge is 2.38. The number of hydrogen-bond donors (Lipinski definition) is 1. The first-order valence-electron chi connectivity index (χ1n) is 8.08. The van der Waals surface area contributed by atoms with Gasteiger partial charge in [0, 0.05) is 12.5 Å². The van der Waals surface area contributed by atoms with Crippen molar-refractivity contribution >= 4 is 5.91 Å². The molecule has 1 aliphatic rings. The SMILES string of the molecule is Cc1cc(C(C)(C)C)cc(C)c1CCNC(=O)C1CC1C. The normalized spacial score (nSPS) is 21.2. The maximum absolute atomic E-state index is 11.9. The molecule has 2 rings (SSSR count). The minimum absolute atomic E-state index is 0.185. The van der Waals surface area contributed by atoms with E-state index in [4.69, 9.17) is 0 Å². The van der Waals surface area contributed by atoms with Crippen LogP contribution in [0.5, 0.6) is 0 Å². The van der Waals surface area contributed by atoms with Gasteiger partial charge in [-0.1, -0.05) is 39.8 Å². The zero-order valence-corrected chi connectivity index (χ0v) is 14.3. The largest absolute Gasteiger partial charge is 0.356 e. The van der Waals surface area contributed by atoms with E-state index < -0.39 is 0 Å². The van der Waals surface area contributed by atoms with Crippen LogP contribution in [0.1, 0.15) is 56.4 Å². The van der Waals surface area contributed by atoms with Gasteiger partial charge in [0.1, 0.15) is 0 Å². The standard InChI is InChI=1S/C19H29NO/c1-12-9-15(19(4,5)6)10-13(2)16(12)7-8-20-18(21)17-11-14(17)3/h9-10,14,17H,7-8,11H2,1-6H3,(H,20,21). The smallest absolute Gasteiger partial charge is 0.223 e. The molecule has 21 heavy (non-hydrogen) atoms. The Morgan fingerprint density at radius 1 is 1.24 bits per heavy atom. The molecule has 0 heterocycles. The average Bonchev–Trinajstić information content (AvgIpc) is 3.08. The van der Waals surface area contributed by atoms with E-state index in [9.17, 15) is 4.79 Å². The second kappa shape index (κ2) is 5.82. The van der Waals surface area contributed by atoms with Crippen LogP contribution in [-0.4, -0.2) is 12.5 Å². The van der Waals surface area contributed by atoms with Crippen molar-refractivity contribution in [2.24, 2.45) is 11.8 Å². The van der Waals surface area contributed by atoms with Gasteiger partial charge < -0.3 is 5.32 Å². The summed E-state index contributed by atoms with van der Waals surface area (Å²) < 4.78 is 0. The van der Waals surface area contributed by atoms with Crippen molar-refractivity contribution in [1.29, 1.82) is 0 Å². The maximum Gasteiger partial charge on any atom is 0.223 e. The molecule has 0 aliphatic heterocycles. The second-order valence-electron chi connectivity index (χ2n) is 7.70. The van der Waals surface area contributed by atoms with Crippen molar-refractivity contribution in [3.8, 4) is 0 Å². The quantitative estimate of drug-likeness (QED) is 0.893. The van der Waals surface area contributed by atoms with Gasteiger partial charge >= 0.3 is 0 Å². The summed E-state index contributed by atoms with van der Waals surface area (Å²) in [5.74, 6) is 1.10. The van der Waals surface area contributed by atoms with E-state index in [2.05, 4.69) is 59.0 Å². The Morgan fingerprint density at radius 2 is 1.76 bits per heavy atom. The molecule has 2 heteroatoms. The molecule has 2 unspecified atom stereocenters. The molecule has 0 radical (unpaired) electrons. The first kappa shape index (κ1) is 16.1. The van der Waals surface area contributed by atoms with Crippen molar-refractivity contribution in [3.05, 3.63) is 34.4 Å². The van der Waals surface area contributed by atoms with Crippen molar-refractivity contribution in [3.63, 3.8) is 0 Å². The number of carbonyl (C=O) groups is 1. The monoisotopic (exact) mass is 287 g/mol. The summed E-state index contributed by atoms with van der Waals surface area (Å²) in [6.07, 6.45) is 1.99. The highest BCUT2D eigenvalue weighted by molar-refractivity contribution is 5.81. The molecule has 116 valence electrons. The Labute approximate surface area is 129 Å². The van der Waals surface area contributed by atoms with Gasteiger partial charge in [-0.15, -0.1) is 0 Å². The number of amides is 1. The molecule has 1 aromatic rings. The number of aryl methyl sites for hydroxylation is 2. The second-order valence-corrected chi connectivity index (χ2v) is 7.70. The fourth-order valence-electron chi connectivity index (χ4n) is 2.95. The van der Waals surface area contributed by atoms with Crippen molar-refractivity contribution < 1.29 is 4.79 Å². The molecule has 1 aromatic carbocycles. The third kappa shape index (κ3) is 3.87. The van der Waals surface area contributed by atoms with Crippen LogP contribution in [0.3, 0.4) is 0 Å². The fourth-order valence-corrected chi connectivity index (χ4v) is 2.95. The van der Waals surface area contributed by atoms with Gasteiger partial charge in [0.25, 0.3) is 0 Å². The van der Waals surface area contributed by atoms with Crippen LogP contribution in [-0.2, 0) is 16.6 Å². The first-order valence-corrected chi connectivity index (χ1v) is 8.08. The summed E-state index contributed by atoms with van der Waals surface area (Å²) in [6.45, 7) is 14.0. The summed E-state index contributed by atoms with van der Waals surface area (Å²) in [5, 5.41) is 3.08. The highest BCUT2D eigenvalue weighted by Crippen LogP contribution is 2.37. The minimum Gasteiger partial charge on any atom is -0.356 e. The number of nitrogens with one attached hydrogen (secondary N) is 1. The van der Waals surface area contributed by atoms with E-state index in [1.165, 1.54) is 22.3 Å². The molecule has 0 spiro atoms. The number of carbonyl (C=O) groups excluding carboxylic acids is 1. The van der Waals surface area contributed by atoms with Gasteiger partial charge in [-0.3, -0.25) is 4.79 Å². The van der Waals surface area contributed by atoms with Gasteiger partial charge in [-0.05, 0) is 60.3 Å². The maximum atomic E-state index is 11.9. The van der Waals surface area contributed by atoms with Crippen molar-refractivity contribution in [2.45, 2.75) is 59.8 Å². The van der Waals surface area contributed by atoms with Gasteiger partial charge in [0.05, 0.1) is 0 Å². The van der Waals surface area contributed by atoms with Crippen LogP contribution < -0.4 is 5.32 Å². The number of hydrogen-bond acceptors (Lipinski definition) is 1. The summed E-state index contributed by atoms with van der Waals surface area (Å²) in [4.78, 5) is 11.9. The lowest BCUT2D eigenvalue weighted by Crippen LogP contribution is -2.28. The predicted molar refractivity (Wildman–Crippen MR) is 88.6 cm³/mol. The zero-order valence-electron chi connectivity index (χ0n) is 14.3. The predicted octanol–water partition coefficient (Wildman–Crippen LogP) is 3.92. The number of rotatable bonds is 4. The number of benzene rings is 1. The van der Waals surface area contributed by atoms with Gasteiger partial charge in [-0.2, -0.15) is 0 Å². The lowest BCUT2D eigenvalue weighted by molar-refractivity contribution is -0.122. The Morgan fingerprint density at radius 3 is 2.19 bits per heavy atom. The molecule has 1 amide bonds. The van der Waals surface area contributed by atoms with Crippen molar-refractivity contribution in [2.75, 3.05) is 6.54 Å². The zero-order chi connectivity index (χ0) is 15.8. The third-order valence-corrected chi connectivity index (χ3v) is 4.68. The van der Waals surface area contributed by atoms with E-state index in [1.54, 1.807) is 0 Å². The molecule has 1 aliphatic carbocycles. The Kier molecular flexibility index (Phi) is 4.46. The highest BCUT2D eigenvalue weighted by atomic mass is 16.2. The molecule has 1 saturated carbocycles. The van der Waals surface area contributed by atoms with Crippen LogP contribution >= 0.6 is 0 Å². The minimum atomic E-state index is 0.185. The molecule has 0 aromatic heterocycles. The Bertz CT molecular complexity index is 516. The fraction of sp³-hybridized carbons (Fsp3) is 0.632. The van der Waals surface area contributed by atoms with Gasteiger partial charge in [0.15, 0.2) is 0 Å². The lowest BCUT2D eigenvalue weighted by atomic mass is 9.83. The van der Waals surface area contributed by atoms with Crippen LogP contribution in [0.4, 0.5) is 0 Å². The Hall–Kier alpha value is -1.31. The first-order chi connectivity index (χ1) is 9.70. The lowest BCUT2D eigenvalue weighted by Gasteiger charge is -2.22. The molecule has 2 nitrogen and oxygen atoms in total. The molecule has 0 saturated heterocycles. The average molecular weight is 287 g/mol. The summed E-state index contributed by atoms with van der Waals surface area (Å²) in [6, 6.07) is 4.60. The molecule has 2 atom stereocenters. The van der Waals surface area contributed by atoms with Crippen LogP contribution in [0.2, 0.25) is 0 Å². The summed E-state index contributed by atoms with van der Waals surface area (Å²) >= 11 is 0. The van der Waals surface area contributed by atoms with E-state index in [-0.39, 0.29) is 17.2 Å². The Balaban J connectivity index is 1.99. The van der Waals surface area contributed by atoms with E-state index >= 15 is 0 Å². The summed E-state index contributed by atoms with van der Waals surface area (Å²) in [5.41, 5.74) is 5.64. The molecule has 0 bridgehead atoms. The van der Waals surface area contributed by atoms with Crippen molar-refractivity contribution in [1.82, 2.24) is 5.32 Å². The summed E-state index contributed by atoms with van der Waals surface area (Å²) in [7, 11) is 0. The van der Waals surface area contributed by atoms with E-state index in [1.807, 2.05) is 0 Å². The van der Waals surface area contributed by atoms with Gasteiger partial charge in [-0.25, -0.2) is 0 Å². The molecule has 1 N–H and O–H groups in total. The van der Waals surface area contributed by atoms with Crippen LogP contribution in [0.15, 0.2) is 12.1 Å². The van der Waals surface area contributed by atoms with Crippen LogP contribution in [0.25, 0.3) is 0 Å².